The molecule has 0 bridgehead atoms. The number of rotatable bonds is 0. The summed E-state index contributed by atoms with van der Waals surface area (Å²) in [5.41, 5.74) is 4.72. The highest BCUT2D eigenvalue weighted by Crippen LogP contribution is 2.39. The number of ketones is 1. The number of aryl methyl sites for hydroxylation is 1. The zero-order valence-corrected chi connectivity index (χ0v) is 9.73. The van der Waals surface area contributed by atoms with Crippen molar-refractivity contribution in [2.75, 3.05) is 0 Å². The third-order valence-electron chi connectivity index (χ3n) is 3.50. The number of hydrogen-bond donors (Lipinski definition) is 0. The van der Waals surface area contributed by atoms with Crippen LogP contribution in [0.2, 0.25) is 0 Å². The summed E-state index contributed by atoms with van der Waals surface area (Å²) >= 11 is 0. The predicted octanol–water partition coefficient (Wildman–Crippen LogP) is 3.35. The van der Waals surface area contributed by atoms with Gasteiger partial charge >= 0.3 is 0 Å². The van der Waals surface area contributed by atoms with Crippen LogP contribution >= 0.6 is 0 Å². The smallest absolute Gasteiger partial charge is 0.194 e. The van der Waals surface area contributed by atoms with E-state index in [9.17, 15) is 4.79 Å². The van der Waals surface area contributed by atoms with Gasteiger partial charge in [-0.1, -0.05) is 35.5 Å². The number of nitrogens with zero attached hydrogens (tertiary/aromatic N) is 1. The summed E-state index contributed by atoms with van der Waals surface area (Å²) in [6, 6.07) is 11.3. The Hall–Kier alpha value is -2.42. The largest absolute Gasteiger partial charge is 0.356 e. The molecule has 1 aromatic heterocycles. The lowest BCUT2D eigenvalue weighted by Gasteiger charge is -2.15. The van der Waals surface area contributed by atoms with E-state index in [1.165, 1.54) is 0 Å². The van der Waals surface area contributed by atoms with E-state index >= 15 is 0 Å². The fourth-order valence-electron chi connectivity index (χ4n) is 2.67. The van der Waals surface area contributed by atoms with Crippen LogP contribution in [0.4, 0.5) is 0 Å². The van der Waals surface area contributed by atoms with Gasteiger partial charge < -0.3 is 4.52 Å². The quantitative estimate of drug-likeness (QED) is 0.469. The molecule has 1 aliphatic rings. The summed E-state index contributed by atoms with van der Waals surface area (Å²) < 4.78 is 5.30. The molecule has 86 valence electrons. The van der Waals surface area contributed by atoms with Gasteiger partial charge in [-0.05, 0) is 18.6 Å². The van der Waals surface area contributed by atoms with Crippen molar-refractivity contribution in [3.8, 4) is 11.3 Å². The summed E-state index contributed by atoms with van der Waals surface area (Å²) in [6.45, 7) is 1.95. The third-order valence-corrected chi connectivity index (χ3v) is 3.50. The van der Waals surface area contributed by atoms with Crippen molar-refractivity contribution in [3.63, 3.8) is 0 Å². The molecule has 3 aromatic rings. The van der Waals surface area contributed by atoms with Crippen LogP contribution < -0.4 is 0 Å². The van der Waals surface area contributed by atoms with Gasteiger partial charge in [0.2, 0.25) is 0 Å². The minimum atomic E-state index is 0.0596. The summed E-state index contributed by atoms with van der Waals surface area (Å²) in [4.78, 5) is 12.5. The van der Waals surface area contributed by atoms with Crippen LogP contribution in [0.3, 0.4) is 0 Å². The SMILES string of the molecule is Cc1cccc2c1C(=O)c1cccc3onc-2c13. The Morgan fingerprint density at radius 1 is 1.06 bits per heavy atom. The summed E-state index contributed by atoms with van der Waals surface area (Å²) in [5, 5.41) is 4.95. The molecule has 0 saturated carbocycles. The fraction of sp³-hybridized carbons (Fsp3) is 0.0667. The Balaban J connectivity index is 2.27. The molecule has 0 N–H and O–H groups in total. The molecule has 3 heteroatoms. The molecule has 0 aliphatic heterocycles. The van der Waals surface area contributed by atoms with E-state index in [4.69, 9.17) is 4.52 Å². The fourth-order valence-corrected chi connectivity index (χ4v) is 2.67. The Morgan fingerprint density at radius 2 is 1.83 bits per heavy atom. The average Bonchev–Trinajstić information content (AvgIpc) is 2.80. The van der Waals surface area contributed by atoms with Crippen molar-refractivity contribution >= 4 is 16.8 Å². The van der Waals surface area contributed by atoms with Crippen molar-refractivity contribution in [1.29, 1.82) is 0 Å². The molecule has 0 atom stereocenters. The molecule has 0 radical (unpaired) electrons. The van der Waals surface area contributed by atoms with E-state index in [2.05, 4.69) is 5.16 Å². The van der Waals surface area contributed by atoms with Crippen LogP contribution in [0.15, 0.2) is 40.9 Å². The molecule has 3 nitrogen and oxygen atoms in total. The lowest BCUT2D eigenvalue weighted by Crippen LogP contribution is -2.10. The number of fused-ring (bicyclic) bond motifs is 2. The van der Waals surface area contributed by atoms with Crippen LogP contribution in [-0.2, 0) is 0 Å². The molecule has 0 unspecified atom stereocenters. The maximum atomic E-state index is 12.5. The second-order valence-corrected chi connectivity index (χ2v) is 4.54. The van der Waals surface area contributed by atoms with E-state index in [1.807, 2.05) is 43.3 Å². The highest BCUT2D eigenvalue weighted by Gasteiger charge is 2.29. The van der Waals surface area contributed by atoms with Gasteiger partial charge in [0, 0.05) is 16.7 Å². The predicted molar refractivity (Wildman–Crippen MR) is 67.6 cm³/mol. The van der Waals surface area contributed by atoms with E-state index < -0.39 is 0 Å². The minimum Gasteiger partial charge on any atom is -0.356 e. The monoisotopic (exact) mass is 235 g/mol. The van der Waals surface area contributed by atoms with E-state index in [-0.39, 0.29) is 5.78 Å². The highest BCUT2D eigenvalue weighted by molar-refractivity contribution is 6.25. The first-order chi connectivity index (χ1) is 8.77. The van der Waals surface area contributed by atoms with Crippen molar-refractivity contribution in [2.24, 2.45) is 0 Å². The van der Waals surface area contributed by atoms with Crippen molar-refractivity contribution in [2.45, 2.75) is 6.92 Å². The van der Waals surface area contributed by atoms with Crippen LogP contribution in [0.5, 0.6) is 0 Å². The molecule has 4 rings (SSSR count). The average molecular weight is 235 g/mol. The van der Waals surface area contributed by atoms with Crippen LogP contribution in [0, 0.1) is 6.92 Å². The molecule has 2 aromatic carbocycles. The molecule has 18 heavy (non-hydrogen) atoms. The number of hydrogen-bond acceptors (Lipinski definition) is 3. The van der Waals surface area contributed by atoms with E-state index in [0.29, 0.717) is 11.1 Å². The second kappa shape index (κ2) is 3.07. The van der Waals surface area contributed by atoms with Crippen LogP contribution in [0.25, 0.3) is 22.2 Å². The molecule has 0 amide bonds. The van der Waals surface area contributed by atoms with Gasteiger partial charge in [0.15, 0.2) is 11.4 Å². The lowest BCUT2D eigenvalue weighted by atomic mass is 9.85. The highest BCUT2D eigenvalue weighted by atomic mass is 16.5. The molecule has 1 aliphatic carbocycles. The molecule has 1 heterocycles. The minimum absolute atomic E-state index is 0.0596. The summed E-state index contributed by atoms with van der Waals surface area (Å²) in [7, 11) is 0. The van der Waals surface area contributed by atoms with Crippen molar-refractivity contribution < 1.29 is 9.32 Å². The Morgan fingerprint density at radius 3 is 2.72 bits per heavy atom. The molecular formula is C15H9NO2. The van der Waals surface area contributed by atoms with Gasteiger partial charge in [0.1, 0.15) is 5.69 Å². The van der Waals surface area contributed by atoms with Crippen LogP contribution in [-0.4, -0.2) is 10.9 Å². The first-order valence-electron chi connectivity index (χ1n) is 5.80. The summed E-state index contributed by atoms with van der Waals surface area (Å²) in [5.74, 6) is 0.0596. The van der Waals surface area contributed by atoms with Gasteiger partial charge in [-0.2, -0.15) is 0 Å². The maximum Gasteiger partial charge on any atom is 0.194 e. The van der Waals surface area contributed by atoms with Gasteiger partial charge in [-0.3, -0.25) is 4.79 Å². The van der Waals surface area contributed by atoms with Crippen molar-refractivity contribution in [3.05, 3.63) is 53.1 Å². The Labute approximate surface area is 103 Å². The standard InChI is InChI=1S/C15H9NO2/c1-8-4-2-5-9-12(8)15(17)10-6-3-7-11-13(10)14(9)16-18-11/h2-7H,1H3. The number of carbonyl (C=O) groups excluding carboxylic acids is 1. The van der Waals surface area contributed by atoms with Crippen LogP contribution in [0.1, 0.15) is 21.5 Å². The van der Waals surface area contributed by atoms with Gasteiger partial charge in [0.05, 0.1) is 5.39 Å². The molecule has 0 spiro atoms. The van der Waals surface area contributed by atoms with Gasteiger partial charge in [-0.15, -0.1) is 0 Å². The van der Waals surface area contributed by atoms with E-state index in [0.717, 1.165) is 27.8 Å². The number of carbonyl (C=O) groups is 1. The molecule has 0 saturated heterocycles. The molecular weight excluding hydrogens is 226 g/mol. The second-order valence-electron chi connectivity index (χ2n) is 4.54. The summed E-state index contributed by atoms with van der Waals surface area (Å²) in [6.07, 6.45) is 0. The zero-order valence-electron chi connectivity index (χ0n) is 9.73. The third kappa shape index (κ3) is 0.991. The van der Waals surface area contributed by atoms with E-state index in [1.54, 1.807) is 0 Å². The maximum absolute atomic E-state index is 12.5. The number of benzene rings is 2. The lowest BCUT2D eigenvalue weighted by molar-refractivity contribution is 0.103. The Kier molecular flexibility index (Phi) is 1.64. The zero-order chi connectivity index (χ0) is 12.3. The first kappa shape index (κ1) is 9.59. The molecule has 0 fully saturated rings. The van der Waals surface area contributed by atoms with Gasteiger partial charge in [-0.25, -0.2) is 0 Å². The normalized spacial score (nSPS) is 12.8. The Bertz CT molecular complexity index is 814. The topological polar surface area (TPSA) is 43.1 Å². The number of aromatic nitrogens is 1. The van der Waals surface area contributed by atoms with Gasteiger partial charge in [0.25, 0.3) is 0 Å². The first-order valence-corrected chi connectivity index (χ1v) is 5.80. The van der Waals surface area contributed by atoms with Crippen molar-refractivity contribution in [1.82, 2.24) is 5.16 Å².